The molecule has 5 amide bonds. The van der Waals surface area contributed by atoms with Crippen molar-refractivity contribution in [2.24, 2.45) is 0 Å². The SMILES string of the molecule is O=C(O)COc1c(C(=O)O)sc(-c2cccc(NC3CCN(S(=O)(=O)Cc4cccc(NC(=O)CCCCCCNC(=O)CNc5cccc6c5CN(C5CCC(=O)NC5=O)C6=O)c4)CC3)c2)c1Cl. The van der Waals surface area contributed by atoms with Gasteiger partial charge in [-0.3, -0.25) is 29.3 Å². The van der Waals surface area contributed by atoms with E-state index in [9.17, 15) is 47.1 Å². The number of aliphatic carboxylic acids is 1. The Labute approximate surface area is 407 Å². The number of rotatable bonds is 22. The number of hydrogen-bond donors (Lipinski definition) is 7. The topological polar surface area (TPSA) is 270 Å². The molecule has 22 heteroatoms. The van der Waals surface area contributed by atoms with E-state index in [-0.39, 0.29) is 83.4 Å². The summed E-state index contributed by atoms with van der Waals surface area (Å²) >= 11 is 7.35. The number of thiophene rings is 1. The minimum atomic E-state index is -3.68. The summed E-state index contributed by atoms with van der Waals surface area (Å²) in [6.07, 6.45) is 4.64. The quantitative estimate of drug-likeness (QED) is 0.0378. The number of benzene rings is 3. The van der Waals surface area contributed by atoms with E-state index in [0.29, 0.717) is 89.5 Å². The average molecular weight is 1010 g/mol. The van der Waals surface area contributed by atoms with Gasteiger partial charge in [0, 0.05) is 73.3 Å². The molecular weight excluding hydrogens is 954 g/mol. The molecule has 0 bridgehead atoms. The number of fused-ring (bicyclic) bond motifs is 1. The van der Waals surface area contributed by atoms with Crippen molar-refractivity contribution in [3.8, 4) is 16.2 Å². The summed E-state index contributed by atoms with van der Waals surface area (Å²) in [7, 11) is -3.68. The van der Waals surface area contributed by atoms with Crippen LogP contribution in [0.3, 0.4) is 0 Å². The smallest absolute Gasteiger partial charge is 0.349 e. The molecule has 4 aromatic rings. The highest BCUT2D eigenvalue weighted by atomic mass is 35.5. The van der Waals surface area contributed by atoms with Crippen LogP contribution in [0.5, 0.6) is 5.75 Å². The Kier molecular flexibility index (Phi) is 16.6. The van der Waals surface area contributed by atoms with Crippen molar-refractivity contribution in [1.82, 2.24) is 19.8 Å². The van der Waals surface area contributed by atoms with Gasteiger partial charge >= 0.3 is 11.9 Å². The van der Waals surface area contributed by atoms with Crippen molar-refractivity contribution in [3.05, 3.63) is 93.3 Å². The van der Waals surface area contributed by atoms with Crippen molar-refractivity contribution in [3.63, 3.8) is 0 Å². The molecule has 1 atom stereocenters. The summed E-state index contributed by atoms with van der Waals surface area (Å²) in [4.78, 5) is 87.0. The molecular formula is C47H52ClN7O12S2. The zero-order valence-corrected chi connectivity index (χ0v) is 39.8. The molecule has 1 unspecified atom stereocenters. The molecule has 3 aliphatic heterocycles. The standard InChI is InChI=1S/C47H52ClN7O12S2/c48-41-42(67-26-40(59)60)44(47(63)64)68-43(41)29-9-6-11-32(23-29)51-30-17-20-54(21-18-30)69(65,66)27-28-8-5-10-31(22-28)52-37(56)14-3-1-2-4-19-49-39(58)24-50-35-13-7-12-33-34(35)25-55(46(33)62)36-15-16-38(57)53-45(36)61/h5-13,22-23,30,36,50-51H,1-4,14-21,24-27H2,(H,49,58)(H,52,56)(H,59,60)(H,63,64)(H,53,57,61). The van der Waals surface area contributed by atoms with E-state index < -0.39 is 40.5 Å². The van der Waals surface area contributed by atoms with E-state index in [4.69, 9.17) is 21.4 Å². The van der Waals surface area contributed by atoms with E-state index in [1.807, 2.05) is 6.07 Å². The van der Waals surface area contributed by atoms with Gasteiger partial charge in [0.15, 0.2) is 17.2 Å². The normalized spacial score (nSPS) is 16.4. The van der Waals surface area contributed by atoms with Crippen LogP contribution >= 0.6 is 22.9 Å². The van der Waals surface area contributed by atoms with E-state index in [1.165, 1.54) is 9.21 Å². The first-order valence-electron chi connectivity index (χ1n) is 22.5. The molecule has 19 nitrogen and oxygen atoms in total. The lowest BCUT2D eigenvalue weighted by Crippen LogP contribution is -2.52. The first-order valence-corrected chi connectivity index (χ1v) is 25.3. The number of aromatic carboxylic acids is 1. The maximum absolute atomic E-state index is 13.5. The zero-order chi connectivity index (χ0) is 49.2. The lowest BCUT2D eigenvalue weighted by molar-refractivity contribution is -0.139. The van der Waals surface area contributed by atoms with Gasteiger partial charge in [0.1, 0.15) is 11.1 Å². The lowest BCUT2D eigenvalue weighted by Gasteiger charge is -2.32. The largest absolute Gasteiger partial charge is 0.479 e. The molecule has 7 N–H and O–H groups in total. The van der Waals surface area contributed by atoms with Gasteiger partial charge in [0.05, 0.1) is 17.2 Å². The highest BCUT2D eigenvalue weighted by Crippen LogP contribution is 2.46. The third-order valence-corrected chi connectivity index (χ3v) is 15.5. The van der Waals surface area contributed by atoms with Crippen LogP contribution < -0.4 is 31.3 Å². The second-order valence-corrected chi connectivity index (χ2v) is 20.3. The number of carbonyl (C=O) groups excluding carboxylic acids is 5. The fraction of sp³-hybridized carbons (Fsp3) is 0.383. The molecule has 3 aliphatic rings. The molecule has 0 aliphatic carbocycles. The van der Waals surface area contributed by atoms with Crippen LogP contribution in [0.4, 0.5) is 17.1 Å². The Morgan fingerprint density at radius 2 is 1.62 bits per heavy atom. The molecule has 0 radical (unpaired) electrons. The number of nitrogens with zero attached hydrogens (tertiary/aromatic N) is 2. The Balaban J connectivity index is 0.782. The number of carboxylic acid groups (broad SMARTS) is 2. The predicted molar refractivity (Wildman–Crippen MR) is 258 cm³/mol. The van der Waals surface area contributed by atoms with Gasteiger partial charge in [0.25, 0.3) is 5.91 Å². The van der Waals surface area contributed by atoms with Crippen molar-refractivity contribution in [2.45, 2.75) is 82.2 Å². The maximum Gasteiger partial charge on any atom is 0.349 e. The van der Waals surface area contributed by atoms with Crippen LogP contribution in [0, 0.1) is 0 Å². The average Bonchev–Trinajstić information content (AvgIpc) is 3.83. The van der Waals surface area contributed by atoms with Gasteiger partial charge in [-0.15, -0.1) is 11.3 Å². The Morgan fingerprint density at radius 1 is 0.884 bits per heavy atom. The summed E-state index contributed by atoms with van der Waals surface area (Å²) in [5, 5.41) is 33.2. The summed E-state index contributed by atoms with van der Waals surface area (Å²) < 4.78 is 33.7. The summed E-state index contributed by atoms with van der Waals surface area (Å²) in [5.74, 6) is -4.56. The number of sulfonamides is 1. The zero-order valence-electron chi connectivity index (χ0n) is 37.4. The third kappa shape index (κ3) is 13.0. The number of hydrogen-bond acceptors (Lipinski definition) is 13. The number of carbonyl (C=O) groups is 7. The fourth-order valence-electron chi connectivity index (χ4n) is 8.49. The molecule has 3 aromatic carbocycles. The van der Waals surface area contributed by atoms with Gasteiger partial charge < -0.3 is 41.1 Å². The molecule has 0 saturated carbocycles. The van der Waals surface area contributed by atoms with Crippen LogP contribution in [-0.4, -0.2) is 114 Å². The summed E-state index contributed by atoms with van der Waals surface area (Å²) in [6.45, 7) is 0.459. The third-order valence-electron chi connectivity index (χ3n) is 11.9. The molecule has 2 fully saturated rings. The first kappa shape index (κ1) is 50.3. The van der Waals surface area contributed by atoms with Crippen molar-refractivity contribution in [1.29, 1.82) is 0 Å². The Hall–Kier alpha value is -6.55. The van der Waals surface area contributed by atoms with Gasteiger partial charge in [-0.2, -0.15) is 0 Å². The number of amides is 5. The van der Waals surface area contributed by atoms with Crippen molar-refractivity contribution >= 4 is 91.5 Å². The number of ether oxygens (including phenoxy) is 1. The van der Waals surface area contributed by atoms with E-state index in [1.54, 1.807) is 60.7 Å². The van der Waals surface area contributed by atoms with Gasteiger partial charge in [-0.25, -0.2) is 22.3 Å². The van der Waals surface area contributed by atoms with Crippen LogP contribution in [-0.2, 0) is 46.3 Å². The minimum absolute atomic E-state index is 0.00178. The van der Waals surface area contributed by atoms with Crippen LogP contribution in [0.15, 0.2) is 66.7 Å². The Bertz CT molecular complexity index is 2740. The van der Waals surface area contributed by atoms with Crippen molar-refractivity contribution in [2.75, 3.05) is 48.7 Å². The molecule has 2 saturated heterocycles. The number of imide groups is 1. The Morgan fingerprint density at radius 3 is 2.38 bits per heavy atom. The lowest BCUT2D eigenvalue weighted by atomic mass is 10.0. The second-order valence-electron chi connectivity index (χ2n) is 16.9. The summed E-state index contributed by atoms with van der Waals surface area (Å²) in [5.41, 5.74) is 4.12. The summed E-state index contributed by atoms with van der Waals surface area (Å²) in [6, 6.07) is 18.3. The van der Waals surface area contributed by atoms with Crippen LogP contribution in [0.1, 0.15) is 88.9 Å². The van der Waals surface area contributed by atoms with E-state index in [0.717, 1.165) is 24.2 Å². The number of unbranched alkanes of at least 4 members (excludes halogenated alkanes) is 3. The number of piperidine rings is 2. The highest BCUT2D eigenvalue weighted by molar-refractivity contribution is 7.88. The number of carboxylic acids is 2. The number of anilines is 3. The molecule has 4 heterocycles. The van der Waals surface area contributed by atoms with Crippen LogP contribution in [0.25, 0.3) is 10.4 Å². The number of nitrogens with one attached hydrogen (secondary N) is 5. The molecule has 1 aromatic heterocycles. The molecule has 7 rings (SSSR count). The van der Waals surface area contributed by atoms with E-state index in [2.05, 4.69) is 26.6 Å². The molecule has 366 valence electrons. The second kappa shape index (κ2) is 22.7. The van der Waals surface area contributed by atoms with Crippen LogP contribution in [0.2, 0.25) is 5.02 Å². The fourth-order valence-corrected chi connectivity index (χ4v) is 11.4. The number of halogens is 1. The highest BCUT2D eigenvalue weighted by Gasteiger charge is 2.40. The van der Waals surface area contributed by atoms with Gasteiger partial charge in [-0.1, -0.05) is 54.8 Å². The van der Waals surface area contributed by atoms with Crippen molar-refractivity contribution < 1.29 is 56.9 Å². The predicted octanol–water partition coefficient (Wildman–Crippen LogP) is 5.51. The first-order chi connectivity index (χ1) is 33.1. The maximum atomic E-state index is 13.5. The monoisotopic (exact) mass is 1010 g/mol. The minimum Gasteiger partial charge on any atom is -0.479 e. The van der Waals surface area contributed by atoms with E-state index >= 15 is 0 Å². The van der Waals surface area contributed by atoms with Gasteiger partial charge in [0.2, 0.25) is 33.7 Å². The van der Waals surface area contributed by atoms with Gasteiger partial charge in [-0.05, 0) is 79.6 Å². The molecule has 0 spiro atoms. The molecule has 69 heavy (non-hydrogen) atoms.